The lowest BCUT2D eigenvalue weighted by Gasteiger charge is -2.19. The summed E-state index contributed by atoms with van der Waals surface area (Å²) in [4.78, 5) is 10.5. The minimum atomic E-state index is -1.50. The Bertz CT molecular complexity index is 170. The maximum absolute atomic E-state index is 8.48. The van der Waals surface area contributed by atoms with Crippen LogP contribution in [0.4, 0.5) is 0 Å². The summed E-state index contributed by atoms with van der Waals surface area (Å²) in [5, 5.41) is 22.1. The molecule has 0 spiro atoms. The van der Waals surface area contributed by atoms with Crippen molar-refractivity contribution in [2.75, 3.05) is 13.1 Å². The highest BCUT2D eigenvalue weighted by Crippen LogP contribution is 1.94. The van der Waals surface area contributed by atoms with Crippen molar-refractivity contribution in [2.24, 2.45) is 0 Å². The van der Waals surface area contributed by atoms with Gasteiger partial charge < -0.3 is 5.21 Å². The van der Waals surface area contributed by atoms with Crippen molar-refractivity contribution in [3.63, 3.8) is 0 Å². The molecule has 13 heavy (non-hydrogen) atoms. The smallest absolute Gasteiger partial charge is 0.291 e. The van der Waals surface area contributed by atoms with Crippen molar-refractivity contribution < 1.29 is 10.3 Å². The summed E-state index contributed by atoms with van der Waals surface area (Å²) in [6.45, 7) is 7.98. The van der Waals surface area contributed by atoms with Gasteiger partial charge in [-0.3, -0.25) is 4.90 Å². The van der Waals surface area contributed by atoms with Crippen LogP contribution in [0.1, 0.15) is 20.8 Å². The van der Waals surface area contributed by atoms with Crippen LogP contribution in [0.15, 0.2) is 0 Å². The van der Waals surface area contributed by atoms with Crippen LogP contribution in [0.5, 0.6) is 0 Å². The van der Waals surface area contributed by atoms with E-state index in [1.165, 1.54) is 0 Å². The summed E-state index contributed by atoms with van der Waals surface area (Å²) in [6, 6.07) is 2.26. The number of hydrogen-bond acceptors (Lipinski definition) is 4. The molecule has 0 fully saturated rings. The van der Waals surface area contributed by atoms with Crippen molar-refractivity contribution in [1.82, 2.24) is 4.90 Å². The molecule has 0 saturated heterocycles. The monoisotopic (exact) mass is 189 g/mol. The van der Waals surface area contributed by atoms with Gasteiger partial charge in [-0.05, 0) is 20.0 Å². The Kier molecular flexibility index (Phi) is 9.54. The third kappa shape index (κ3) is 10.7. The fourth-order valence-corrected chi connectivity index (χ4v) is 0.853. The molecule has 0 amide bonds. The van der Waals surface area contributed by atoms with E-state index < -0.39 is 5.09 Å². The molecule has 0 aliphatic carbocycles. The summed E-state index contributed by atoms with van der Waals surface area (Å²) in [6.07, 6.45) is 0. The number of nitrogens with zero attached hydrogens (tertiary/aromatic N) is 3. The number of hydrogen-bond donors (Lipinski definition) is 1. The average Bonchev–Trinajstić information content (AvgIpc) is 2.05. The van der Waals surface area contributed by atoms with E-state index in [-0.39, 0.29) is 6.04 Å². The highest BCUT2D eigenvalue weighted by atomic mass is 16.9. The number of rotatable bonds is 3. The zero-order chi connectivity index (χ0) is 10.9. The van der Waals surface area contributed by atoms with Crippen LogP contribution in [0.2, 0.25) is 0 Å². The van der Waals surface area contributed by atoms with Gasteiger partial charge in [-0.15, -0.1) is 10.1 Å². The van der Waals surface area contributed by atoms with Crippen LogP contribution in [0.25, 0.3) is 0 Å². The molecule has 0 aliphatic heterocycles. The Morgan fingerprint density at radius 2 is 1.92 bits per heavy atom. The Morgan fingerprint density at radius 3 is 2.00 bits per heavy atom. The van der Waals surface area contributed by atoms with E-state index in [2.05, 4.69) is 24.8 Å². The lowest BCUT2D eigenvalue weighted by Crippen LogP contribution is -2.31. The van der Waals surface area contributed by atoms with Gasteiger partial charge in [-0.2, -0.15) is 5.26 Å². The standard InChI is InChI=1S/C7H14N2.HNO3/c1-4-9(5-2)7(3)6-8;2-1(3)4/h7H,4-5H2,1-3H3;(H,2,3,4). The first-order chi connectivity index (χ1) is 5.99. The van der Waals surface area contributed by atoms with Gasteiger partial charge in [-0.25, -0.2) is 0 Å². The largest absolute Gasteiger partial charge is 0.328 e. The van der Waals surface area contributed by atoms with E-state index in [4.69, 9.17) is 20.6 Å². The first kappa shape index (κ1) is 14.2. The summed E-state index contributed by atoms with van der Waals surface area (Å²) >= 11 is 0. The maximum atomic E-state index is 8.48. The van der Waals surface area contributed by atoms with Crippen LogP contribution in [0.3, 0.4) is 0 Å². The van der Waals surface area contributed by atoms with Gasteiger partial charge in [0.1, 0.15) is 0 Å². The second-order valence-corrected chi connectivity index (χ2v) is 2.26. The molecule has 6 nitrogen and oxygen atoms in total. The lowest BCUT2D eigenvalue weighted by atomic mass is 10.3. The van der Waals surface area contributed by atoms with E-state index in [1.54, 1.807) is 0 Å². The number of nitriles is 1. The molecule has 0 bridgehead atoms. The van der Waals surface area contributed by atoms with Gasteiger partial charge in [0.2, 0.25) is 0 Å². The third-order valence-electron chi connectivity index (χ3n) is 1.55. The van der Waals surface area contributed by atoms with E-state index in [1.807, 2.05) is 6.92 Å². The molecule has 0 aliphatic rings. The zero-order valence-corrected chi connectivity index (χ0v) is 8.10. The fourth-order valence-electron chi connectivity index (χ4n) is 0.853. The van der Waals surface area contributed by atoms with Gasteiger partial charge in [0.25, 0.3) is 5.09 Å². The maximum Gasteiger partial charge on any atom is 0.291 e. The minimum Gasteiger partial charge on any atom is -0.328 e. The van der Waals surface area contributed by atoms with Crippen LogP contribution in [-0.2, 0) is 0 Å². The Morgan fingerprint density at radius 1 is 1.62 bits per heavy atom. The molecule has 0 heterocycles. The first-order valence-corrected chi connectivity index (χ1v) is 3.96. The van der Waals surface area contributed by atoms with Crippen molar-refractivity contribution in [3.8, 4) is 6.07 Å². The second kappa shape index (κ2) is 8.74. The quantitative estimate of drug-likeness (QED) is 0.526. The average molecular weight is 189 g/mol. The fraction of sp³-hybridized carbons (Fsp3) is 0.857. The molecule has 0 aromatic carbocycles. The van der Waals surface area contributed by atoms with Crippen LogP contribution in [-0.4, -0.2) is 34.3 Å². The van der Waals surface area contributed by atoms with Crippen LogP contribution < -0.4 is 0 Å². The van der Waals surface area contributed by atoms with Crippen molar-refractivity contribution in [3.05, 3.63) is 10.1 Å². The Hall–Kier alpha value is -1.35. The minimum absolute atomic E-state index is 0.0694. The van der Waals surface area contributed by atoms with Gasteiger partial charge in [0.05, 0.1) is 12.1 Å². The molecular formula is C7H15N3O3. The van der Waals surface area contributed by atoms with Gasteiger partial charge in [0.15, 0.2) is 0 Å². The van der Waals surface area contributed by atoms with Crippen LogP contribution >= 0.6 is 0 Å². The molecule has 0 rings (SSSR count). The van der Waals surface area contributed by atoms with E-state index in [0.29, 0.717) is 0 Å². The van der Waals surface area contributed by atoms with Crippen LogP contribution in [0, 0.1) is 21.4 Å². The van der Waals surface area contributed by atoms with Crippen molar-refractivity contribution in [2.45, 2.75) is 26.8 Å². The van der Waals surface area contributed by atoms with Crippen molar-refractivity contribution in [1.29, 1.82) is 5.26 Å². The normalized spacial score (nSPS) is 11.0. The summed E-state index contributed by atoms with van der Waals surface area (Å²) in [5.41, 5.74) is 0. The molecule has 0 aromatic heterocycles. The molecule has 0 saturated carbocycles. The lowest BCUT2D eigenvalue weighted by molar-refractivity contribution is -0.742. The zero-order valence-electron chi connectivity index (χ0n) is 8.10. The highest BCUT2D eigenvalue weighted by Gasteiger charge is 2.06. The molecule has 76 valence electrons. The second-order valence-electron chi connectivity index (χ2n) is 2.26. The van der Waals surface area contributed by atoms with Gasteiger partial charge in [0, 0.05) is 0 Å². The molecule has 1 unspecified atom stereocenters. The topological polar surface area (TPSA) is 90.4 Å². The molecule has 0 radical (unpaired) electrons. The van der Waals surface area contributed by atoms with Gasteiger partial charge >= 0.3 is 0 Å². The molecule has 1 N–H and O–H groups in total. The Labute approximate surface area is 77.5 Å². The SMILES string of the molecule is CCN(CC)C(C)C#N.O=[N+]([O-])O. The predicted molar refractivity (Wildman–Crippen MR) is 46.8 cm³/mol. The van der Waals surface area contributed by atoms with Crippen molar-refractivity contribution >= 4 is 0 Å². The van der Waals surface area contributed by atoms with E-state index in [9.17, 15) is 0 Å². The third-order valence-corrected chi connectivity index (χ3v) is 1.55. The molecule has 6 heteroatoms. The molecular weight excluding hydrogens is 174 g/mol. The van der Waals surface area contributed by atoms with E-state index >= 15 is 0 Å². The van der Waals surface area contributed by atoms with Gasteiger partial charge in [-0.1, -0.05) is 13.8 Å². The summed E-state index contributed by atoms with van der Waals surface area (Å²) in [7, 11) is 0. The Balaban J connectivity index is 0. The predicted octanol–water partition coefficient (Wildman–Crippen LogP) is 0.893. The highest BCUT2D eigenvalue weighted by molar-refractivity contribution is 4.86. The summed E-state index contributed by atoms with van der Waals surface area (Å²) < 4.78 is 0. The molecule has 1 atom stereocenters. The van der Waals surface area contributed by atoms with E-state index in [0.717, 1.165) is 13.1 Å². The molecule has 0 aromatic rings. The summed E-state index contributed by atoms with van der Waals surface area (Å²) in [5.74, 6) is 0. The first-order valence-electron chi connectivity index (χ1n) is 3.96.